The zero-order valence-corrected chi connectivity index (χ0v) is 10.1. The summed E-state index contributed by atoms with van der Waals surface area (Å²) in [7, 11) is 1.73. The second-order valence-electron chi connectivity index (χ2n) is 4.78. The second-order valence-corrected chi connectivity index (χ2v) is 4.78. The Labute approximate surface area is 95.8 Å². The number of anilines is 2. The molecule has 0 radical (unpaired) electrons. The maximum Gasteiger partial charge on any atom is 0.232 e. The van der Waals surface area contributed by atoms with Crippen molar-refractivity contribution in [2.75, 3.05) is 17.4 Å². The Kier molecular flexibility index (Phi) is 3.55. The maximum atomic E-state index is 12.0. The Bertz CT molecular complexity index is 383. The van der Waals surface area contributed by atoms with E-state index < -0.39 is 5.41 Å². The lowest BCUT2D eigenvalue weighted by molar-refractivity contribution is -0.125. The van der Waals surface area contributed by atoms with Crippen molar-refractivity contribution in [1.29, 1.82) is 0 Å². The number of amides is 1. The lowest BCUT2D eigenvalue weighted by atomic mass is 9.94. The van der Waals surface area contributed by atoms with Crippen LogP contribution in [0.3, 0.4) is 0 Å². The Balaban J connectivity index is 2.96. The average Bonchev–Trinajstić information content (AvgIpc) is 2.26. The summed E-state index contributed by atoms with van der Waals surface area (Å²) in [6.45, 7) is 5.62. The number of rotatable bonds is 2. The van der Waals surface area contributed by atoms with E-state index >= 15 is 0 Å². The highest BCUT2D eigenvalue weighted by molar-refractivity contribution is 5.96. The minimum Gasteiger partial charge on any atom is -0.315 e. The minimum absolute atomic E-state index is 0.0302. The van der Waals surface area contributed by atoms with Crippen LogP contribution in [-0.2, 0) is 4.79 Å². The molecule has 0 saturated carbocycles. The van der Waals surface area contributed by atoms with Crippen LogP contribution in [0.4, 0.5) is 11.4 Å². The lowest BCUT2D eigenvalue weighted by Gasteiger charge is -2.26. The predicted molar refractivity (Wildman–Crippen MR) is 64.7 cm³/mol. The zero-order valence-electron chi connectivity index (χ0n) is 10.1. The average molecular weight is 222 g/mol. The highest BCUT2D eigenvalue weighted by Crippen LogP contribution is 2.23. The van der Waals surface area contributed by atoms with Crippen molar-refractivity contribution in [2.45, 2.75) is 20.8 Å². The number of hydrogen-bond donors (Lipinski definition) is 2. The highest BCUT2D eigenvalue weighted by Gasteiger charge is 2.25. The van der Waals surface area contributed by atoms with E-state index in [1.807, 2.05) is 26.8 Å². The minimum atomic E-state index is -0.419. The van der Waals surface area contributed by atoms with E-state index in [0.29, 0.717) is 5.69 Å². The molecule has 0 aliphatic carbocycles. The molecule has 4 nitrogen and oxygen atoms in total. The molecule has 16 heavy (non-hydrogen) atoms. The third-order valence-corrected chi connectivity index (χ3v) is 2.31. The fraction of sp³-hybridized carbons (Fsp3) is 0.417. The van der Waals surface area contributed by atoms with Gasteiger partial charge in [-0.3, -0.25) is 15.5 Å². The van der Waals surface area contributed by atoms with Gasteiger partial charge in [0.2, 0.25) is 5.91 Å². The van der Waals surface area contributed by atoms with Gasteiger partial charge in [-0.25, -0.2) is 0 Å². The molecule has 0 bridgehead atoms. The Morgan fingerprint density at radius 3 is 2.50 bits per heavy atom. The monoisotopic (exact) mass is 222 g/mol. The van der Waals surface area contributed by atoms with E-state index in [2.05, 4.69) is 5.48 Å². The Hall–Kier alpha value is -1.55. The summed E-state index contributed by atoms with van der Waals surface area (Å²) in [5.74, 6) is 0.0302. The molecule has 1 aromatic carbocycles. The van der Waals surface area contributed by atoms with E-state index in [1.54, 1.807) is 30.1 Å². The lowest BCUT2D eigenvalue weighted by Crippen LogP contribution is -2.36. The van der Waals surface area contributed by atoms with E-state index in [9.17, 15) is 4.79 Å². The molecule has 0 atom stereocenters. The molecule has 1 rings (SSSR count). The summed E-state index contributed by atoms with van der Waals surface area (Å²) < 4.78 is 0. The Morgan fingerprint density at radius 1 is 1.38 bits per heavy atom. The van der Waals surface area contributed by atoms with Gasteiger partial charge >= 0.3 is 0 Å². The van der Waals surface area contributed by atoms with Gasteiger partial charge in [0.15, 0.2) is 0 Å². The van der Waals surface area contributed by atoms with Crippen LogP contribution in [0, 0.1) is 5.41 Å². The first-order chi connectivity index (χ1) is 7.36. The van der Waals surface area contributed by atoms with Crippen LogP contribution in [0.2, 0.25) is 0 Å². The van der Waals surface area contributed by atoms with Gasteiger partial charge in [-0.2, -0.15) is 0 Å². The predicted octanol–water partition coefficient (Wildman–Crippen LogP) is 2.50. The molecule has 0 fully saturated rings. The third-order valence-electron chi connectivity index (χ3n) is 2.31. The summed E-state index contributed by atoms with van der Waals surface area (Å²) in [6, 6.07) is 7.04. The third kappa shape index (κ3) is 2.73. The molecule has 88 valence electrons. The number of carbonyl (C=O) groups is 1. The van der Waals surface area contributed by atoms with E-state index in [1.165, 1.54) is 0 Å². The SMILES string of the molecule is CN(C(=O)C(C)(C)C)c1cccc(NO)c1. The normalized spacial score (nSPS) is 11.1. The van der Waals surface area contributed by atoms with Gasteiger partial charge in [0, 0.05) is 18.2 Å². The standard InChI is InChI=1S/C12H18N2O2/c1-12(2,3)11(15)14(4)10-7-5-6-9(8-10)13-16/h5-8,13,16H,1-4H3. The smallest absolute Gasteiger partial charge is 0.232 e. The van der Waals surface area contributed by atoms with Crippen molar-refractivity contribution in [3.63, 3.8) is 0 Å². The van der Waals surface area contributed by atoms with Crippen LogP contribution in [0.25, 0.3) is 0 Å². The molecule has 0 aliphatic rings. The van der Waals surface area contributed by atoms with Crippen molar-refractivity contribution in [1.82, 2.24) is 0 Å². The quantitative estimate of drug-likeness (QED) is 0.756. The van der Waals surface area contributed by atoms with Gasteiger partial charge in [-0.15, -0.1) is 0 Å². The molecular weight excluding hydrogens is 204 g/mol. The zero-order chi connectivity index (χ0) is 12.3. The van der Waals surface area contributed by atoms with Crippen molar-refractivity contribution in [2.24, 2.45) is 5.41 Å². The highest BCUT2D eigenvalue weighted by atomic mass is 16.5. The van der Waals surface area contributed by atoms with Crippen LogP contribution in [0.5, 0.6) is 0 Å². The van der Waals surface area contributed by atoms with Gasteiger partial charge < -0.3 is 4.90 Å². The van der Waals surface area contributed by atoms with Crippen molar-refractivity contribution in [3.8, 4) is 0 Å². The van der Waals surface area contributed by atoms with Crippen molar-refractivity contribution < 1.29 is 10.0 Å². The number of hydrogen-bond acceptors (Lipinski definition) is 3. The van der Waals surface area contributed by atoms with Gasteiger partial charge in [-0.1, -0.05) is 26.8 Å². The van der Waals surface area contributed by atoms with Crippen molar-refractivity contribution >= 4 is 17.3 Å². The molecular formula is C12H18N2O2. The van der Waals surface area contributed by atoms with Gasteiger partial charge in [-0.05, 0) is 18.2 Å². The van der Waals surface area contributed by atoms with Gasteiger partial charge in [0.05, 0.1) is 5.69 Å². The topological polar surface area (TPSA) is 52.6 Å². The first-order valence-electron chi connectivity index (χ1n) is 5.14. The number of nitrogens with one attached hydrogen (secondary N) is 1. The van der Waals surface area contributed by atoms with Crippen LogP contribution < -0.4 is 10.4 Å². The fourth-order valence-corrected chi connectivity index (χ4v) is 1.40. The van der Waals surface area contributed by atoms with E-state index in [-0.39, 0.29) is 5.91 Å². The number of benzene rings is 1. The maximum absolute atomic E-state index is 12.0. The molecule has 4 heteroatoms. The molecule has 1 aromatic rings. The Morgan fingerprint density at radius 2 is 2.00 bits per heavy atom. The summed E-state index contributed by atoms with van der Waals surface area (Å²) >= 11 is 0. The molecule has 2 N–H and O–H groups in total. The molecule has 0 heterocycles. The summed E-state index contributed by atoms with van der Waals surface area (Å²) in [4.78, 5) is 13.6. The van der Waals surface area contributed by atoms with Gasteiger partial charge in [0.1, 0.15) is 0 Å². The largest absolute Gasteiger partial charge is 0.315 e. The second kappa shape index (κ2) is 4.53. The molecule has 0 saturated heterocycles. The van der Waals surface area contributed by atoms with E-state index in [0.717, 1.165) is 5.69 Å². The molecule has 0 spiro atoms. The van der Waals surface area contributed by atoms with Crippen LogP contribution in [0.1, 0.15) is 20.8 Å². The fourth-order valence-electron chi connectivity index (χ4n) is 1.40. The first kappa shape index (κ1) is 12.5. The van der Waals surface area contributed by atoms with Gasteiger partial charge in [0.25, 0.3) is 0 Å². The molecule has 1 amide bonds. The summed E-state index contributed by atoms with van der Waals surface area (Å²) in [5, 5.41) is 8.79. The van der Waals surface area contributed by atoms with E-state index in [4.69, 9.17) is 5.21 Å². The number of carbonyl (C=O) groups excluding carboxylic acids is 1. The van der Waals surface area contributed by atoms with Crippen molar-refractivity contribution in [3.05, 3.63) is 24.3 Å². The number of nitrogens with zero attached hydrogens (tertiary/aromatic N) is 1. The summed E-state index contributed by atoms with van der Waals surface area (Å²) in [6.07, 6.45) is 0. The molecule has 0 aromatic heterocycles. The van der Waals surface area contributed by atoms with Crippen LogP contribution in [0.15, 0.2) is 24.3 Å². The van der Waals surface area contributed by atoms with Crippen LogP contribution >= 0.6 is 0 Å². The molecule has 0 unspecified atom stereocenters. The molecule has 0 aliphatic heterocycles. The summed E-state index contributed by atoms with van der Waals surface area (Å²) in [5.41, 5.74) is 2.95. The van der Waals surface area contributed by atoms with Crippen LogP contribution in [-0.4, -0.2) is 18.2 Å². The first-order valence-corrected chi connectivity index (χ1v) is 5.14.